The first kappa shape index (κ1) is 14.0. The molecule has 1 aromatic heterocycles. The molecule has 2 aromatic rings. The third-order valence-electron chi connectivity index (χ3n) is 2.81. The number of aromatic nitrogens is 1. The van der Waals surface area contributed by atoms with E-state index in [1.807, 2.05) is 13.8 Å². The fraction of sp³-hybridized carbons (Fsp3) is 0.250. The molecule has 19 heavy (non-hydrogen) atoms. The normalized spacial score (nSPS) is 11.7. The molecule has 0 radical (unpaired) electrons. The predicted octanol–water partition coefficient (Wildman–Crippen LogP) is 1.82. The van der Waals surface area contributed by atoms with Crippen molar-refractivity contribution in [3.05, 3.63) is 39.8 Å². The van der Waals surface area contributed by atoms with E-state index < -0.39 is 10.0 Å². The molecule has 0 fully saturated rings. The predicted molar refractivity (Wildman–Crippen MR) is 76.5 cm³/mol. The average Bonchev–Trinajstić information content (AvgIpc) is 2.84. The summed E-state index contributed by atoms with van der Waals surface area (Å²) < 4.78 is 26.9. The molecule has 0 aliphatic rings. The number of nitrogens with one attached hydrogen (secondary N) is 1. The molecule has 0 bridgehead atoms. The Labute approximate surface area is 116 Å². The van der Waals surface area contributed by atoms with Crippen molar-refractivity contribution in [2.75, 3.05) is 5.73 Å². The summed E-state index contributed by atoms with van der Waals surface area (Å²) in [5.74, 6) is 0. The van der Waals surface area contributed by atoms with Crippen molar-refractivity contribution in [1.82, 2.24) is 9.71 Å². The van der Waals surface area contributed by atoms with Crippen LogP contribution >= 0.6 is 11.3 Å². The Kier molecular flexibility index (Phi) is 3.88. The molecule has 0 aliphatic carbocycles. The van der Waals surface area contributed by atoms with Crippen LogP contribution in [0, 0.1) is 13.8 Å². The Bertz CT molecular complexity index is 679. The SMILES string of the molecule is Cc1cc(N)c(S(=O)(=O)NCc2nccs2)cc1C. The number of nitrogen functional groups attached to an aromatic ring is 1. The average molecular weight is 297 g/mol. The van der Waals surface area contributed by atoms with Gasteiger partial charge < -0.3 is 5.73 Å². The van der Waals surface area contributed by atoms with Crippen molar-refractivity contribution in [3.63, 3.8) is 0 Å². The molecule has 0 saturated heterocycles. The van der Waals surface area contributed by atoms with Crippen LogP contribution in [0.4, 0.5) is 5.69 Å². The summed E-state index contributed by atoms with van der Waals surface area (Å²) in [5, 5.41) is 2.51. The van der Waals surface area contributed by atoms with Crippen LogP contribution in [0.2, 0.25) is 0 Å². The van der Waals surface area contributed by atoms with Crippen LogP contribution in [0.3, 0.4) is 0 Å². The number of nitrogens with zero attached hydrogens (tertiary/aromatic N) is 1. The van der Waals surface area contributed by atoms with Gasteiger partial charge in [-0.15, -0.1) is 11.3 Å². The fourth-order valence-electron chi connectivity index (χ4n) is 1.62. The third-order valence-corrected chi connectivity index (χ3v) is 5.05. The van der Waals surface area contributed by atoms with Crippen LogP contribution in [0.25, 0.3) is 0 Å². The molecule has 5 nitrogen and oxygen atoms in total. The highest BCUT2D eigenvalue weighted by Crippen LogP contribution is 2.22. The van der Waals surface area contributed by atoms with Crippen molar-refractivity contribution in [2.45, 2.75) is 25.3 Å². The zero-order valence-corrected chi connectivity index (χ0v) is 12.3. The molecule has 1 aromatic carbocycles. The lowest BCUT2D eigenvalue weighted by molar-refractivity contribution is 0.581. The second-order valence-corrected chi connectivity index (χ2v) is 6.94. The lowest BCUT2D eigenvalue weighted by atomic mass is 10.1. The van der Waals surface area contributed by atoms with E-state index in [9.17, 15) is 8.42 Å². The molecule has 2 rings (SSSR count). The molecule has 1 heterocycles. The van der Waals surface area contributed by atoms with E-state index in [4.69, 9.17) is 5.73 Å². The van der Waals surface area contributed by atoms with Crippen LogP contribution < -0.4 is 10.5 Å². The number of hydrogen-bond acceptors (Lipinski definition) is 5. The maximum Gasteiger partial charge on any atom is 0.243 e. The van der Waals surface area contributed by atoms with E-state index >= 15 is 0 Å². The van der Waals surface area contributed by atoms with Gasteiger partial charge in [0.25, 0.3) is 0 Å². The van der Waals surface area contributed by atoms with Gasteiger partial charge in [0, 0.05) is 11.6 Å². The van der Waals surface area contributed by atoms with Crippen molar-refractivity contribution in [1.29, 1.82) is 0 Å². The summed E-state index contributed by atoms with van der Waals surface area (Å²) in [7, 11) is -3.61. The maximum atomic E-state index is 12.2. The smallest absolute Gasteiger partial charge is 0.243 e. The Morgan fingerprint density at radius 3 is 2.63 bits per heavy atom. The Morgan fingerprint density at radius 1 is 1.32 bits per heavy atom. The minimum absolute atomic E-state index is 0.118. The van der Waals surface area contributed by atoms with Crippen LogP contribution in [-0.2, 0) is 16.6 Å². The zero-order chi connectivity index (χ0) is 14.0. The number of benzene rings is 1. The van der Waals surface area contributed by atoms with E-state index in [1.54, 1.807) is 23.7 Å². The number of aryl methyl sites for hydroxylation is 2. The van der Waals surface area contributed by atoms with E-state index in [0.29, 0.717) is 5.01 Å². The van der Waals surface area contributed by atoms with Gasteiger partial charge in [-0.05, 0) is 37.1 Å². The highest BCUT2D eigenvalue weighted by atomic mass is 32.2. The first-order valence-electron chi connectivity index (χ1n) is 5.65. The van der Waals surface area contributed by atoms with E-state index in [0.717, 1.165) is 11.1 Å². The molecule has 0 atom stereocenters. The number of sulfonamides is 1. The topological polar surface area (TPSA) is 85.1 Å². The highest BCUT2D eigenvalue weighted by Gasteiger charge is 2.18. The number of nitrogens with two attached hydrogens (primary N) is 1. The van der Waals surface area contributed by atoms with Gasteiger partial charge in [0.15, 0.2) is 0 Å². The minimum Gasteiger partial charge on any atom is -0.398 e. The Morgan fingerprint density at radius 2 is 2.00 bits per heavy atom. The summed E-state index contributed by atoms with van der Waals surface area (Å²) in [6, 6.07) is 3.27. The number of anilines is 1. The van der Waals surface area contributed by atoms with Crippen molar-refractivity contribution in [2.24, 2.45) is 0 Å². The molecule has 0 unspecified atom stereocenters. The van der Waals surface area contributed by atoms with Gasteiger partial charge >= 0.3 is 0 Å². The van der Waals surface area contributed by atoms with Gasteiger partial charge in [-0.1, -0.05) is 0 Å². The van der Waals surface area contributed by atoms with Crippen LogP contribution in [0.1, 0.15) is 16.1 Å². The van der Waals surface area contributed by atoms with Gasteiger partial charge in [-0.25, -0.2) is 18.1 Å². The van der Waals surface area contributed by atoms with Gasteiger partial charge in [0.2, 0.25) is 10.0 Å². The zero-order valence-electron chi connectivity index (χ0n) is 10.7. The summed E-state index contributed by atoms with van der Waals surface area (Å²) >= 11 is 1.40. The summed E-state index contributed by atoms with van der Waals surface area (Å²) in [4.78, 5) is 4.15. The van der Waals surface area contributed by atoms with E-state index in [2.05, 4.69) is 9.71 Å². The van der Waals surface area contributed by atoms with Crippen LogP contribution in [-0.4, -0.2) is 13.4 Å². The monoisotopic (exact) mass is 297 g/mol. The van der Waals surface area contributed by atoms with Gasteiger partial charge in [0.05, 0.1) is 12.2 Å². The second-order valence-electron chi connectivity index (χ2n) is 4.22. The molecule has 102 valence electrons. The molecule has 7 heteroatoms. The van der Waals surface area contributed by atoms with E-state index in [1.165, 1.54) is 11.3 Å². The summed E-state index contributed by atoms with van der Waals surface area (Å²) in [6.07, 6.45) is 1.64. The molecule has 0 aliphatic heterocycles. The fourth-order valence-corrected chi connectivity index (χ4v) is 3.45. The molecule has 3 N–H and O–H groups in total. The van der Waals surface area contributed by atoms with Crippen molar-refractivity contribution in [3.8, 4) is 0 Å². The third kappa shape index (κ3) is 3.12. The van der Waals surface area contributed by atoms with Crippen molar-refractivity contribution < 1.29 is 8.42 Å². The molecular formula is C12H15N3O2S2. The molecular weight excluding hydrogens is 282 g/mol. The minimum atomic E-state index is -3.61. The molecule has 0 spiro atoms. The molecule has 0 saturated carbocycles. The second kappa shape index (κ2) is 5.28. The number of hydrogen-bond donors (Lipinski definition) is 2. The van der Waals surface area contributed by atoms with E-state index in [-0.39, 0.29) is 17.1 Å². The quantitative estimate of drug-likeness (QED) is 0.843. The maximum absolute atomic E-state index is 12.2. The summed E-state index contributed by atoms with van der Waals surface area (Å²) in [5.41, 5.74) is 7.91. The lowest BCUT2D eigenvalue weighted by Crippen LogP contribution is -2.24. The molecule has 0 amide bonds. The Balaban J connectivity index is 2.27. The first-order valence-corrected chi connectivity index (χ1v) is 8.01. The Hall–Kier alpha value is -1.44. The lowest BCUT2D eigenvalue weighted by Gasteiger charge is -2.10. The number of rotatable bonds is 4. The highest BCUT2D eigenvalue weighted by molar-refractivity contribution is 7.89. The van der Waals surface area contributed by atoms with Crippen LogP contribution in [0.15, 0.2) is 28.6 Å². The number of thiazole rings is 1. The standard InChI is InChI=1S/C12H15N3O2S2/c1-8-5-10(13)11(6-9(8)2)19(16,17)15-7-12-14-3-4-18-12/h3-6,15H,7,13H2,1-2H3. The largest absolute Gasteiger partial charge is 0.398 e. The van der Waals surface area contributed by atoms with Gasteiger partial charge in [-0.2, -0.15) is 0 Å². The summed E-state index contributed by atoms with van der Waals surface area (Å²) in [6.45, 7) is 3.92. The van der Waals surface area contributed by atoms with Gasteiger partial charge in [-0.3, -0.25) is 0 Å². The first-order chi connectivity index (χ1) is 8.90. The van der Waals surface area contributed by atoms with Gasteiger partial charge in [0.1, 0.15) is 9.90 Å². The van der Waals surface area contributed by atoms with Crippen molar-refractivity contribution >= 4 is 27.0 Å². The van der Waals surface area contributed by atoms with Crippen LogP contribution in [0.5, 0.6) is 0 Å².